The van der Waals surface area contributed by atoms with Crippen molar-refractivity contribution in [1.82, 2.24) is 0 Å². The SMILES string of the molecule is Cl.Cl.[CH3][Hf]([CH3])([CH3])([CH3])([CH3])([C]1=CC=CC1)[N](c1ccccc1)c1ccccc1. The fraction of sp³-hybridized carbons (Fsp3) is 0.273. The molecule has 143 valence electrons. The van der Waals surface area contributed by atoms with Crippen LogP contribution in [0.25, 0.3) is 0 Å². The summed E-state index contributed by atoms with van der Waals surface area (Å²) < 4.78 is 17.1. The van der Waals surface area contributed by atoms with Crippen LogP contribution >= 0.6 is 24.8 Å². The molecule has 26 heavy (non-hydrogen) atoms. The first-order valence-corrected chi connectivity index (χ1v) is 30.3. The van der Waals surface area contributed by atoms with Crippen molar-refractivity contribution >= 4 is 36.2 Å². The molecule has 0 aliphatic heterocycles. The third kappa shape index (κ3) is 3.88. The molecule has 0 saturated carbocycles. The molecule has 0 fully saturated rings. The third-order valence-corrected chi connectivity index (χ3v) is 30.4. The standard InChI is InChI=1S/C12H10N.C5H5.5CH3.2ClH.Hf/c1-3-7-11(8-4-1)13-12-9-5-2-6-10-12;1-2-4-5-3-1;;;;;;;;/h1-10H;1-3H,4H2;5*1H3;2*1H;/q-1;;;;;;;;;+1. The molecule has 0 amide bonds. The second kappa shape index (κ2) is 6.09. The van der Waals surface area contributed by atoms with Gasteiger partial charge in [-0.15, -0.1) is 24.8 Å². The van der Waals surface area contributed by atoms with Crippen LogP contribution in [0.2, 0.25) is 23.4 Å². The molecule has 2 aromatic rings. The summed E-state index contributed by atoms with van der Waals surface area (Å²) in [5, 5.41) is 0. The van der Waals surface area contributed by atoms with Gasteiger partial charge in [-0.05, 0) is 0 Å². The molecule has 0 saturated heterocycles. The second-order valence-electron chi connectivity index (χ2n) is 11.8. The summed E-state index contributed by atoms with van der Waals surface area (Å²) in [6.07, 6.45) is 7.93. The Morgan fingerprint density at radius 2 is 1.12 bits per heavy atom. The fourth-order valence-corrected chi connectivity index (χ4v) is 24.7. The number of rotatable bonds is 4. The van der Waals surface area contributed by atoms with E-state index in [0.717, 1.165) is 6.42 Å². The number of hydrogen-bond acceptors (Lipinski definition) is 1. The van der Waals surface area contributed by atoms with Crippen molar-refractivity contribution < 1.29 is 15.9 Å². The summed E-state index contributed by atoms with van der Waals surface area (Å²) in [5.74, 6) is 0. The van der Waals surface area contributed by atoms with E-state index in [1.807, 2.05) is 0 Å². The third-order valence-electron chi connectivity index (χ3n) is 5.78. The minimum absolute atomic E-state index is 0. The van der Waals surface area contributed by atoms with Crippen LogP contribution in [-0.4, -0.2) is 0 Å². The first kappa shape index (κ1) is 23.2. The normalized spacial score (nSPS) is 17.4. The zero-order valence-electron chi connectivity index (χ0n) is 16.5. The molecule has 0 spiro atoms. The first-order valence-electron chi connectivity index (χ1n) is 8.96. The number of hydrogen-bond donors (Lipinski definition) is 0. The topological polar surface area (TPSA) is 3.24 Å². The van der Waals surface area contributed by atoms with Gasteiger partial charge in [0.05, 0.1) is 0 Å². The van der Waals surface area contributed by atoms with E-state index in [-0.39, 0.29) is 24.8 Å². The van der Waals surface area contributed by atoms with Gasteiger partial charge >= 0.3 is 142 Å². The van der Waals surface area contributed by atoms with Crippen LogP contribution in [0.15, 0.2) is 82.2 Å². The van der Waals surface area contributed by atoms with Crippen molar-refractivity contribution in [2.75, 3.05) is 2.89 Å². The Kier molecular flexibility index (Phi) is 5.43. The second-order valence-corrected chi connectivity index (χ2v) is 69.5. The predicted molar refractivity (Wildman–Crippen MR) is 121 cm³/mol. The van der Waals surface area contributed by atoms with Crippen LogP contribution in [0, 0.1) is 0 Å². The monoisotopic (exact) mass is 560 g/mol. The van der Waals surface area contributed by atoms with Gasteiger partial charge in [-0.2, -0.15) is 0 Å². The van der Waals surface area contributed by atoms with Crippen LogP contribution in [0.1, 0.15) is 6.42 Å². The Morgan fingerprint density at radius 1 is 0.692 bits per heavy atom. The summed E-state index contributed by atoms with van der Waals surface area (Å²) >= 11 is -4.58. The maximum atomic E-state index is 2.68. The molecular weight excluding hydrogens is 528 g/mol. The Labute approximate surface area is 166 Å². The molecule has 0 atom stereocenters. The van der Waals surface area contributed by atoms with Gasteiger partial charge in [0.2, 0.25) is 0 Å². The van der Waals surface area contributed by atoms with Gasteiger partial charge in [0.1, 0.15) is 0 Å². The average Bonchev–Trinajstić information content (AvgIpc) is 3.04. The molecule has 0 heterocycles. The van der Waals surface area contributed by atoms with Crippen LogP contribution in [0.3, 0.4) is 0 Å². The molecule has 1 aliphatic rings. The van der Waals surface area contributed by atoms with E-state index in [9.17, 15) is 0 Å². The van der Waals surface area contributed by atoms with E-state index in [4.69, 9.17) is 0 Å². The zero-order chi connectivity index (χ0) is 17.6. The van der Waals surface area contributed by atoms with E-state index in [2.05, 4.69) is 105 Å². The first-order chi connectivity index (χ1) is 10.9. The molecule has 2 aromatic carbocycles. The zero-order valence-corrected chi connectivity index (χ0v) is 21.7. The van der Waals surface area contributed by atoms with Gasteiger partial charge in [-0.3, -0.25) is 0 Å². The summed E-state index contributed by atoms with van der Waals surface area (Å²) in [5.41, 5.74) is 2.55. The van der Waals surface area contributed by atoms with Gasteiger partial charge in [0, 0.05) is 0 Å². The summed E-state index contributed by atoms with van der Waals surface area (Å²) in [6.45, 7) is 0. The fourth-order valence-electron chi connectivity index (χ4n) is 4.32. The van der Waals surface area contributed by atoms with Crippen LogP contribution in [-0.2, 0) is 15.9 Å². The summed E-state index contributed by atoms with van der Waals surface area (Å²) in [7, 11) is 0. The minimum atomic E-state index is -4.58. The number of nitrogens with zero attached hydrogens (tertiary/aromatic N) is 1. The Balaban J connectivity index is 0.00000169. The molecule has 0 radical (unpaired) electrons. The van der Waals surface area contributed by atoms with Crippen molar-refractivity contribution in [3.8, 4) is 0 Å². The van der Waals surface area contributed by atoms with E-state index in [0.29, 0.717) is 0 Å². The van der Waals surface area contributed by atoms with Crippen LogP contribution < -0.4 is 2.89 Å². The number of allylic oxidation sites excluding steroid dienone is 4. The summed E-state index contributed by atoms with van der Waals surface area (Å²) in [4.78, 5) is 0. The number of para-hydroxylation sites is 2. The van der Waals surface area contributed by atoms with Crippen molar-refractivity contribution in [1.29, 1.82) is 0 Å². The van der Waals surface area contributed by atoms with Crippen LogP contribution in [0.5, 0.6) is 0 Å². The predicted octanol–water partition coefficient (Wildman–Crippen LogP) is 8.43. The average molecular weight is 560 g/mol. The summed E-state index contributed by atoms with van der Waals surface area (Å²) in [6, 6.07) is 21.7. The Morgan fingerprint density at radius 3 is 1.46 bits per heavy atom. The van der Waals surface area contributed by atoms with E-state index >= 15 is 0 Å². The molecule has 0 bridgehead atoms. The Hall–Kier alpha value is -0.830. The Bertz CT molecular complexity index is 801. The number of halogens is 2. The molecule has 1 aliphatic carbocycles. The number of anilines is 2. The quantitative estimate of drug-likeness (QED) is 0.340. The molecule has 0 N–H and O–H groups in total. The van der Waals surface area contributed by atoms with Gasteiger partial charge in [-0.25, -0.2) is 0 Å². The van der Waals surface area contributed by atoms with Crippen molar-refractivity contribution in [3.63, 3.8) is 0 Å². The molecule has 4 heteroatoms. The van der Waals surface area contributed by atoms with Gasteiger partial charge in [0.15, 0.2) is 0 Å². The van der Waals surface area contributed by atoms with E-state index in [1.165, 1.54) is 11.4 Å². The maximum absolute atomic E-state index is 4.58. The number of benzene rings is 2. The molecule has 0 aromatic heterocycles. The molecule has 3 rings (SSSR count). The van der Waals surface area contributed by atoms with Gasteiger partial charge < -0.3 is 0 Å². The van der Waals surface area contributed by atoms with E-state index in [1.54, 1.807) is 3.33 Å². The van der Waals surface area contributed by atoms with Crippen molar-refractivity contribution in [2.24, 2.45) is 0 Å². The van der Waals surface area contributed by atoms with Crippen molar-refractivity contribution in [2.45, 2.75) is 29.8 Å². The molecule has 1 nitrogen and oxygen atoms in total. The molecule has 0 unspecified atom stereocenters. The van der Waals surface area contributed by atoms with Crippen LogP contribution in [0.4, 0.5) is 11.4 Å². The van der Waals surface area contributed by atoms with Gasteiger partial charge in [-0.1, -0.05) is 0 Å². The van der Waals surface area contributed by atoms with E-state index < -0.39 is 15.9 Å². The van der Waals surface area contributed by atoms with Gasteiger partial charge in [0.25, 0.3) is 0 Å². The molecular formula is C22H32Cl2HfN. The van der Waals surface area contributed by atoms with Crippen molar-refractivity contribution in [3.05, 3.63) is 82.2 Å².